The molecule has 0 spiro atoms. The zero-order valence-corrected chi connectivity index (χ0v) is 19.9. The van der Waals surface area contributed by atoms with Crippen LogP contribution in [0, 0.1) is 0 Å². The van der Waals surface area contributed by atoms with Gasteiger partial charge in [-0.05, 0) is 59.7 Å². The number of hydrogen-bond donors (Lipinski definition) is 1. The van der Waals surface area contributed by atoms with Crippen LogP contribution in [0.1, 0.15) is 27.7 Å². The molecule has 1 amide bonds. The zero-order valence-electron chi connectivity index (χ0n) is 19.1. The van der Waals surface area contributed by atoms with Crippen molar-refractivity contribution < 1.29 is 19.1 Å². The number of amides is 1. The van der Waals surface area contributed by atoms with Crippen molar-refractivity contribution in [2.75, 3.05) is 19.0 Å². The molecule has 2 aromatic carbocycles. The number of carbonyl (C=O) groups excluding carboxylic acids is 2. The summed E-state index contributed by atoms with van der Waals surface area (Å²) in [5, 5.41) is 12.1. The van der Waals surface area contributed by atoms with Gasteiger partial charge in [-0.2, -0.15) is 0 Å². The third kappa shape index (κ3) is 4.15. The summed E-state index contributed by atoms with van der Waals surface area (Å²) in [7, 11) is 3.86. The Kier molecular flexibility index (Phi) is 5.78. The molecule has 0 fully saturated rings. The van der Waals surface area contributed by atoms with Crippen LogP contribution < -0.4 is 4.90 Å². The monoisotopic (exact) mass is 487 g/mol. The maximum Gasteiger partial charge on any atom is 0.290 e. The molecular formula is C27H22ClN3O4. The Morgan fingerprint density at radius 3 is 2.49 bits per heavy atom. The Morgan fingerprint density at radius 2 is 1.80 bits per heavy atom. The van der Waals surface area contributed by atoms with Crippen LogP contribution >= 0.6 is 11.6 Å². The lowest BCUT2D eigenvalue weighted by atomic mass is 9.94. The van der Waals surface area contributed by atoms with E-state index in [2.05, 4.69) is 4.98 Å². The van der Waals surface area contributed by atoms with Crippen LogP contribution in [0.15, 0.2) is 88.8 Å². The fourth-order valence-electron chi connectivity index (χ4n) is 4.29. The van der Waals surface area contributed by atoms with Crippen molar-refractivity contribution >= 4 is 39.9 Å². The van der Waals surface area contributed by atoms with Crippen LogP contribution in [-0.2, 0) is 11.3 Å². The molecule has 1 atom stereocenters. The highest BCUT2D eigenvalue weighted by Gasteiger charge is 2.44. The minimum atomic E-state index is -0.795. The van der Waals surface area contributed by atoms with Crippen molar-refractivity contribution in [1.29, 1.82) is 0 Å². The van der Waals surface area contributed by atoms with E-state index in [-0.39, 0.29) is 17.9 Å². The summed E-state index contributed by atoms with van der Waals surface area (Å²) in [5.74, 6) is -1.73. The van der Waals surface area contributed by atoms with Gasteiger partial charge in [0.2, 0.25) is 5.78 Å². The number of furan rings is 1. The largest absolute Gasteiger partial charge is 0.503 e. The van der Waals surface area contributed by atoms with E-state index in [1.165, 1.54) is 4.90 Å². The first-order valence-electron chi connectivity index (χ1n) is 11.0. The molecule has 1 aliphatic rings. The third-order valence-corrected chi connectivity index (χ3v) is 6.31. The van der Waals surface area contributed by atoms with Gasteiger partial charge in [-0.1, -0.05) is 23.7 Å². The van der Waals surface area contributed by atoms with Gasteiger partial charge in [0.1, 0.15) is 5.58 Å². The van der Waals surface area contributed by atoms with E-state index >= 15 is 0 Å². The molecule has 7 nitrogen and oxygen atoms in total. The SMILES string of the molecule is CN(C)c1ccc(C2C(C(=O)c3cc4cc(Cl)ccc4o3)=C(O)C(=O)N2Cc2ccncc2)cc1. The summed E-state index contributed by atoms with van der Waals surface area (Å²) in [5.41, 5.74) is 2.95. The number of Topliss-reactive ketones (excluding diaryl/α,β-unsaturated/α-hetero) is 1. The fourth-order valence-corrected chi connectivity index (χ4v) is 4.47. The molecule has 176 valence electrons. The first-order valence-corrected chi connectivity index (χ1v) is 11.4. The van der Waals surface area contributed by atoms with Crippen molar-refractivity contribution in [3.05, 3.63) is 106 Å². The van der Waals surface area contributed by atoms with Crippen LogP contribution in [0.4, 0.5) is 5.69 Å². The normalized spacial score (nSPS) is 15.8. The van der Waals surface area contributed by atoms with E-state index in [9.17, 15) is 14.7 Å². The number of fused-ring (bicyclic) bond motifs is 1. The molecule has 1 aliphatic heterocycles. The molecule has 3 heterocycles. The molecule has 35 heavy (non-hydrogen) atoms. The maximum absolute atomic E-state index is 13.7. The highest BCUT2D eigenvalue weighted by molar-refractivity contribution is 6.31. The van der Waals surface area contributed by atoms with Crippen molar-refractivity contribution in [1.82, 2.24) is 9.88 Å². The summed E-state index contributed by atoms with van der Waals surface area (Å²) in [6.45, 7) is 0.192. The molecule has 8 heteroatoms. The van der Waals surface area contributed by atoms with Gasteiger partial charge in [0.05, 0.1) is 11.6 Å². The Bertz CT molecular complexity index is 1460. The number of nitrogens with zero attached hydrogens (tertiary/aromatic N) is 3. The number of carbonyl (C=O) groups is 2. The number of aliphatic hydroxyl groups is 1. The molecule has 5 rings (SSSR count). The first kappa shape index (κ1) is 22.7. The number of ketones is 1. The summed E-state index contributed by atoms with van der Waals surface area (Å²) in [6, 6.07) is 16.9. The minimum Gasteiger partial charge on any atom is -0.503 e. The van der Waals surface area contributed by atoms with Crippen molar-refractivity contribution in [3.8, 4) is 0 Å². The van der Waals surface area contributed by atoms with Crippen LogP contribution in [-0.4, -0.2) is 40.8 Å². The second-order valence-corrected chi connectivity index (χ2v) is 9.00. The summed E-state index contributed by atoms with van der Waals surface area (Å²) < 4.78 is 5.77. The predicted octanol–water partition coefficient (Wildman–Crippen LogP) is 5.33. The van der Waals surface area contributed by atoms with Crippen LogP contribution in [0.5, 0.6) is 0 Å². The quantitative estimate of drug-likeness (QED) is 0.370. The van der Waals surface area contributed by atoms with Crippen LogP contribution in [0.25, 0.3) is 11.0 Å². The molecule has 1 unspecified atom stereocenters. The first-order chi connectivity index (χ1) is 16.8. The van der Waals surface area contributed by atoms with Crippen LogP contribution in [0.2, 0.25) is 5.02 Å². The molecule has 4 aromatic rings. The topological polar surface area (TPSA) is 86.9 Å². The molecular weight excluding hydrogens is 466 g/mol. The van der Waals surface area contributed by atoms with Gasteiger partial charge in [0, 0.05) is 49.1 Å². The fraction of sp³-hybridized carbons (Fsp3) is 0.148. The second-order valence-electron chi connectivity index (χ2n) is 8.56. The predicted molar refractivity (Wildman–Crippen MR) is 134 cm³/mol. The Hall–Kier alpha value is -4.10. The standard InChI is InChI=1S/C27H22ClN3O4/c1-30(2)20-6-3-17(4-7-20)24-23(25(32)22-14-18-13-19(28)5-8-21(18)35-22)26(33)27(34)31(24)15-16-9-11-29-12-10-16/h3-14,24,33H,15H2,1-2H3. The Morgan fingerprint density at radius 1 is 1.09 bits per heavy atom. The third-order valence-electron chi connectivity index (χ3n) is 6.08. The number of rotatable bonds is 6. The highest BCUT2D eigenvalue weighted by Crippen LogP contribution is 2.41. The van der Waals surface area contributed by atoms with Crippen LogP contribution in [0.3, 0.4) is 0 Å². The van der Waals surface area contributed by atoms with Crippen molar-refractivity contribution in [2.45, 2.75) is 12.6 Å². The molecule has 0 aliphatic carbocycles. The number of aromatic nitrogens is 1. The van der Waals surface area contributed by atoms with Gasteiger partial charge in [0.15, 0.2) is 11.5 Å². The van der Waals surface area contributed by atoms with Gasteiger partial charge in [-0.15, -0.1) is 0 Å². The molecule has 0 saturated heterocycles. The highest BCUT2D eigenvalue weighted by atomic mass is 35.5. The number of halogens is 1. The molecule has 0 radical (unpaired) electrons. The maximum atomic E-state index is 13.7. The average Bonchev–Trinajstić information content (AvgIpc) is 3.38. The van der Waals surface area contributed by atoms with Gasteiger partial charge in [-0.3, -0.25) is 14.6 Å². The number of benzene rings is 2. The average molecular weight is 488 g/mol. The molecule has 0 saturated carbocycles. The van der Waals surface area contributed by atoms with Crippen molar-refractivity contribution in [3.63, 3.8) is 0 Å². The molecule has 2 aromatic heterocycles. The van der Waals surface area contributed by atoms with E-state index in [0.717, 1.165) is 11.3 Å². The van der Waals surface area contributed by atoms with Crippen molar-refractivity contribution in [2.24, 2.45) is 0 Å². The Labute approximate surface area is 206 Å². The summed E-state index contributed by atoms with van der Waals surface area (Å²) in [6.07, 6.45) is 3.27. The Balaban J connectivity index is 1.59. The number of pyridine rings is 1. The second kappa shape index (κ2) is 8.92. The number of aliphatic hydroxyl groups excluding tert-OH is 1. The zero-order chi connectivity index (χ0) is 24.7. The smallest absolute Gasteiger partial charge is 0.290 e. The lowest BCUT2D eigenvalue weighted by Gasteiger charge is -2.27. The summed E-state index contributed by atoms with van der Waals surface area (Å²) >= 11 is 6.08. The molecule has 1 N–H and O–H groups in total. The van der Waals surface area contributed by atoms with Gasteiger partial charge < -0.3 is 19.3 Å². The number of anilines is 1. The lowest BCUT2D eigenvalue weighted by Crippen LogP contribution is -2.30. The van der Waals surface area contributed by atoms with E-state index < -0.39 is 23.5 Å². The number of hydrogen-bond acceptors (Lipinski definition) is 6. The van der Waals surface area contributed by atoms with E-state index in [1.807, 2.05) is 43.3 Å². The van der Waals surface area contributed by atoms with E-state index in [4.69, 9.17) is 16.0 Å². The van der Waals surface area contributed by atoms with Gasteiger partial charge in [0.25, 0.3) is 5.91 Å². The van der Waals surface area contributed by atoms with Gasteiger partial charge in [-0.25, -0.2) is 0 Å². The summed E-state index contributed by atoms with van der Waals surface area (Å²) in [4.78, 5) is 34.4. The minimum absolute atomic E-state index is 0.0215. The van der Waals surface area contributed by atoms with E-state index in [1.54, 1.807) is 48.8 Å². The van der Waals surface area contributed by atoms with Gasteiger partial charge >= 0.3 is 0 Å². The lowest BCUT2D eigenvalue weighted by molar-refractivity contribution is -0.130. The van der Waals surface area contributed by atoms with E-state index in [0.29, 0.717) is 21.6 Å². The molecule has 0 bridgehead atoms.